The summed E-state index contributed by atoms with van der Waals surface area (Å²) in [5, 5.41) is 18.3. The van der Waals surface area contributed by atoms with Crippen LogP contribution in [0.5, 0.6) is 0 Å². The first-order valence-corrected chi connectivity index (χ1v) is 6.89. The van der Waals surface area contributed by atoms with Crippen molar-refractivity contribution in [1.29, 1.82) is 0 Å². The molecular formula is C14H17BN2O4. The molecule has 1 fully saturated rings. The molecule has 110 valence electrons. The predicted molar refractivity (Wildman–Crippen MR) is 77.8 cm³/mol. The van der Waals surface area contributed by atoms with Crippen molar-refractivity contribution in [3.8, 4) is 0 Å². The number of carbonyl (C=O) groups is 2. The predicted octanol–water partition coefficient (Wildman–Crippen LogP) is 1.28. The Morgan fingerprint density at radius 3 is 2.71 bits per heavy atom. The number of nitrogens with zero attached hydrogens (tertiary/aromatic N) is 2. The van der Waals surface area contributed by atoms with E-state index in [1.54, 1.807) is 6.20 Å². The second-order valence-corrected chi connectivity index (χ2v) is 5.28. The second-order valence-electron chi connectivity index (χ2n) is 5.28. The number of aromatic nitrogens is 1. The van der Waals surface area contributed by atoms with Crippen molar-refractivity contribution in [1.82, 2.24) is 4.98 Å². The van der Waals surface area contributed by atoms with Crippen LogP contribution in [0, 0.1) is 11.8 Å². The molecule has 2 atom stereocenters. The summed E-state index contributed by atoms with van der Waals surface area (Å²) in [6, 6.07) is 1.53. The minimum absolute atomic E-state index is 0.0273. The van der Waals surface area contributed by atoms with Crippen LogP contribution in [0.1, 0.15) is 23.2 Å². The number of aromatic carboxylic acids is 1. The highest BCUT2D eigenvalue weighted by molar-refractivity contribution is 6.08. The first-order valence-electron chi connectivity index (χ1n) is 6.89. The molecule has 0 bridgehead atoms. The highest BCUT2D eigenvalue weighted by atomic mass is 16.4. The Kier molecular flexibility index (Phi) is 4.83. The lowest BCUT2D eigenvalue weighted by molar-refractivity contribution is -0.142. The summed E-state index contributed by atoms with van der Waals surface area (Å²) in [5.74, 6) is -2.29. The molecule has 1 aliphatic rings. The van der Waals surface area contributed by atoms with Gasteiger partial charge < -0.3 is 15.1 Å². The van der Waals surface area contributed by atoms with Crippen LogP contribution in [0.25, 0.3) is 0 Å². The smallest absolute Gasteiger partial charge is 0.337 e. The van der Waals surface area contributed by atoms with Crippen molar-refractivity contribution < 1.29 is 19.8 Å². The van der Waals surface area contributed by atoms with Gasteiger partial charge in [0.1, 0.15) is 0 Å². The van der Waals surface area contributed by atoms with E-state index in [1.807, 2.05) is 4.90 Å². The molecule has 1 aromatic heterocycles. The van der Waals surface area contributed by atoms with Crippen LogP contribution in [-0.4, -0.2) is 48.1 Å². The minimum Gasteiger partial charge on any atom is -0.481 e. The molecule has 0 aromatic carbocycles. The zero-order valence-corrected chi connectivity index (χ0v) is 11.6. The number of carboxylic acids is 2. The molecule has 0 aliphatic carbocycles. The molecule has 6 nitrogen and oxygen atoms in total. The standard InChI is InChI=1S/C14H17BN2O4/c15-3-1-2-9-7-17(8-12(9)14(20)21)11-4-10(13(18)19)5-16-6-11/h4-6,9,12H,1-3,7-8H2,(H,18,19)(H,20,21)/t9-,12+/m0/s1. The van der Waals surface area contributed by atoms with E-state index in [-0.39, 0.29) is 11.5 Å². The lowest BCUT2D eigenvalue weighted by atomic mass is 9.88. The van der Waals surface area contributed by atoms with Crippen LogP contribution in [-0.2, 0) is 4.79 Å². The number of hydrogen-bond donors (Lipinski definition) is 2. The van der Waals surface area contributed by atoms with Crippen molar-refractivity contribution in [2.45, 2.75) is 19.2 Å². The maximum atomic E-state index is 11.4. The first kappa shape index (κ1) is 15.3. The SMILES string of the molecule is [B]CCC[C@H]1CN(c2cncc(C(=O)O)c2)C[C@H]1C(=O)O. The van der Waals surface area contributed by atoms with Gasteiger partial charge in [0.25, 0.3) is 0 Å². The fourth-order valence-electron chi connectivity index (χ4n) is 2.75. The van der Waals surface area contributed by atoms with Gasteiger partial charge in [0.2, 0.25) is 0 Å². The quantitative estimate of drug-likeness (QED) is 0.766. The third-order valence-electron chi connectivity index (χ3n) is 3.87. The summed E-state index contributed by atoms with van der Waals surface area (Å²) in [6.45, 7) is 0.955. The van der Waals surface area contributed by atoms with Crippen LogP contribution < -0.4 is 4.90 Å². The Balaban J connectivity index is 2.16. The molecule has 0 unspecified atom stereocenters. The van der Waals surface area contributed by atoms with E-state index in [9.17, 15) is 14.7 Å². The van der Waals surface area contributed by atoms with Crippen LogP contribution in [0.2, 0.25) is 6.32 Å². The van der Waals surface area contributed by atoms with Crippen LogP contribution in [0.4, 0.5) is 5.69 Å². The van der Waals surface area contributed by atoms with Crippen molar-refractivity contribution in [3.63, 3.8) is 0 Å². The van der Waals surface area contributed by atoms with E-state index in [0.29, 0.717) is 25.1 Å². The number of anilines is 1. The van der Waals surface area contributed by atoms with Gasteiger partial charge in [-0.1, -0.05) is 12.7 Å². The summed E-state index contributed by atoms with van der Waals surface area (Å²) >= 11 is 0. The van der Waals surface area contributed by atoms with E-state index >= 15 is 0 Å². The normalized spacial score (nSPS) is 21.4. The summed E-state index contributed by atoms with van der Waals surface area (Å²) < 4.78 is 0. The van der Waals surface area contributed by atoms with Gasteiger partial charge in [-0.05, 0) is 18.4 Å². The first-order chi connectivity index (χ1) is 10.0. The largest absolute Gasteiger partial charge is 0.481 e. The average Bonchev–Trinajstić information content (AvgIpc) is 2.89. The molecular weight excluding hydrogens is 271 g/mol. The van der Waals surface area contributed by atoms with Crippen LogP contribution >= 0.6 is 0 Å². The van der Waals surface area contributed by atoms with Crippen molar-refractivity contribution in [3.05, 3.63) is 24.0 Å². The molecule has 7 heteroatoms. The molecule has 0 saturated carbocycles. The van der Waals surface area contributed by atoms with Gasteiger partial charge in [0.05, 0.1) is 31.2 Å². The van der Waals surface area contributed by atoms with E-state index < -0.39 is 17.9 Å². The Morgan fingerprint density at radius 1 is 1.33 bits per heavy atom. The zero-order valence-electron chi connectivity index (χ0n) is 11.6. The van der Waals surface area contributed by atoms with E-state index in [1.165, 1.54) is 12.3 Å². The van der Waals surface area contributed by atoms with E-state index in [2.05, 4.69) is 4.98 Å². The van der Waals surface area contributed by atoms with Gasteiger partial charge in [-0.25, -0.2) is 4.79 Å². The number of carboxylic acid groups (broad SMARTS) is 2. The molecule has 2 N–H and O–H groups in total. The lowest BCUT2D eigenvalue weighted by Crippen LogP contribution is -2.23. The molecule has 1 aliphatic heterocycles. The van der Waals surface area contributed by atoms with Gasteiger partial charge >= 0.3 is 11.9 Å². The fraction of sp³-hybridized carbons (Fsp3) is 0.500. The van der Waals surface area contributed by atoms with Crippen LogP contribution in [0.15, 0.2) is 18.5 Å². The Labute approximate surface area is 124 Å². The van der Waals surface area contributed by atoms with E-state index in [0.717, 1.165) is 12.8 Å². The van der Waals surface area contributed by atoms with Crippen molar-refractivity contribution in [2.75, 3.05) is 18.0 Å². The van der Waals surface area contributed by atoms with Crippen molar-refractivity contribution in [2.24, 2.45) is 11.8 Å². The molecule has 0 amide bonds. The molecule has 2 rings (SSSR count). The maximum Gasteiger partial charge on any atom is 0.337 e. The highest BCUT2D eigenvalue weighted by Crippen LogP contribution is 2.31. The Morgan fingerprint density at radius 2 is 2.10 bits per heavy atom. The zero-order chi connectivity index (χ0) is 15.4. The fourth-order valence-corrected chi connectivity index (χ4v) is 2.75. The van der Waals surface area contributed by atoms with Gasteiger partial charge in [-0.15, -0.1) is 0 Å². The number of pyridine rings is 1. The topological polar surface area (TPSA) is 90.7 Å². The summed E-state index contributed by atoms with van der Waals surface area (Å²) in [7, 11) is 5.49. The summed E-state index contributed by atoms with van der Waals surface area (Å²) in [4.78, 5) is 28.1. The summed E-state index contributed by atoms with van der Waals surface area (Å²) in [5.41, 5.74) is 0.751. The minimum atomic E-state index is -1.04. The molecule has 1 aromatic rings. The van der Waals surface area contributed by atoms with Gasteiger partial charge in [-0.2, -0.15) is 0 Å². The van der Waals surface area contributed by atoms with Gasteiger partial charge in [-0.3, -0.25) is 9.78 Å². The van der Waals surface area contributed by atoms with Gasteiger partial charge in [0, 0.05) is 19.3 Å². The monoisotopic (exact) mass is 288 g/mol. The van der Waals surface area contributed by atoms with Crippen LogP contribution in [0.3, 0.4) is 0 Å². The highest BCUT2D eigenvalue weighted by Gasteiger charge is 2.37. The maximum absolute atomic E-state index is 11.4. The summed E-state index contributed by atoms with van der Waals surface area (Å²) in [6.07, 6.45) is 4.93. The number of aliphatic carboxylic acids is 1. The Bertz CT molecular complexity index is 537. The third-order valence-corrected chi connectivity index (χ3v) is 3.87. The van der Waals surface area contributed by atoms with Crippen molar-refractivity contribution >= 4 is 25.5 Å². The Hall–Kier alpha value is -2.05. The molecule has 0 spiro atoms. The number of rotatable bonds is 6. The molecule has 21 heavy (non-hydrogen) atoms. The second kappa shape index (κ2) is 6.60. The average molecular weight is 288 g/mol. The molecule has 2 radical (unpaired) electrons. The third kappa shape index (κ3) is 3.54. The molecule has 2 heterocycles. The lowest BCUT2D eigenvalue weighted by Gasteiger charge is -2.18. The van der Waals surface area contributed by atoms with Gasteiger partial charge in [0.15, 0.2) is 0 Å². The number of hydrogen-bond acceptors (Lipinski definition) is 4. The van der Waals surface area contributed by atoms with E-state index in [4.69, 9.17) is 13.0 Å². The molecule has 1 saturated heterocycles.